The summed E-state index contributed by atoms with van der Waals surface area (Å²) in [5.74, 6) is 1.26. The van der Waals surface area contributed by atoms with Gasteiger partial charge in [0.1, 0.15) is 0 Å². The maximum Gasteiger partial charge on any atom is 0.228 e. The van der Waals surface area contributed by atoms with Crippen LogP contribution >= 0.6 is 0 Å². The van der Waals surface area contributed by atoms with Crippen LogP contribution in [0.1, 0.15) is 44.6 Å². The van der Waals surface area contributed by atoms with E-state index in [1.807, 2.05) is 0 Å². The lowest BCUT2D eigenvalue weighted by molar-refractivity contribution is -0.118. The molecule has 0 radical (unpaired) electrons. The summed E-state index contributed by atoms with van der Waals surface area (Å²) in [7, 11) is 0. The number of rotatable bonds is 4. The highest BCUT2D eigenvalue weighted by Gasteiger charge is 2.57. The Kier molecular flexibility index (Phi) is 4.83. The van der Waals surface area contributed by atoms with E-state index in [1.165, 1.54) is 31.5 Å². The average molecular weight is 341 g/mol. The average Bonchev–Trinajstić information content (AvgIpc) is 3.30. The van der Waals surface area contributed by atoms with E-state index in [9.17, 15) is 4.79 Å². The summed E-state index contributed by atoms with van der Waals surface area (Å²) < 4.78 is 0. The molecule has 2 N–H and O–H groups in total. The predicted molar refractivity (Wildman–Crippen MR) is 101 cm³/mol. The first-order valence-electron chi connectivity index (χ1n) is 9.97. The van der Waals surface area contributed by atoms with Gasteiger partial charge in [0, 0.05) is 24.7 Å². The first kappa shape index (κ1) is 17.0. The normalized spacial score (nSPS) is 28.7. The van der Waals surface area contributed by atoms with Gasteiger partial charge in [-0.1, -0.05) is 19.1 Å². The summed E-state index contributed by atoms with van der Waals surface area (Å²) in [6.45, 7) is 7.91. The van der Waals surface area contributed by atoms with Crippen molar-refractivity contribution in [2.75, 3.05) is 31.5 Å². The summed E-state index contributed by atoms with van der Waals surface area (Å²) in [5, 5.41) is 6.54. The third-order valence-electron chi connectivity index (χ3n) is 6.47. The first-order chi connectivity index (χ1) is 12.1. The van der Waals surface area contributed by atoms with Gasteiger partial charge in [-0.3, -0.25) is 9.69 Å². The fourth-order valence-electron chi connectivity index (χ4n) is 4.81. The van der Waals surface area contributed by atoms with Crippen LogP contribution in [0.2, 0.25) is 0 Å². The minimum absolute atomic E-state index is 0.222. The highest BCUT2D eigenvalue weighted by Crippen LogP contribution is 2.58. The number of carbonyl (C=O) groups is 1. The second kappa shape index (κ2) is 7.08. The lowest BCUT2D eigenvalue weighted by Gasteiger charge is -2.30. The molecule has 0 aromatic heterocycles. The van der Waals surface area contributed by atoms with Gasteiger partial charge < -0.3 is 10.6 Å². The van der Waals surface area contributed by atoms with Crippen molar-refractivity contribution < 1.29 is 4.79 Å². The van der Waals surface area contributed by atoms with E-state index in [2.05, 4.69) is 46.7 Å². The van der Waals surface area contributed by atoms with Gasteiger partial charge in [-0.15, -0.1) is 0 Å². The van der Waals surface area contributed by atoms with Gasteiger partial charge in [0.2, 0.25) is 5.91 Å². The number of nitrogens with one attached hydrogen (secondary N) is 2. The molecule has 3 fully saturated rings. The standard InChI is InChI=1S/C21H31N3O/c1-16-3-2-12-24(14-16)15-17-4-6-18(7-5-17)23-20(25)19-13-21(19)8-10-22-11-9-21/h4-7,16,19,22H,2-3,8-15H2,1H3,(H,23,25). The Morgan fingerprint density at radius 3 is 2.76 bits per heavy atom. The molecule has 136 valence electrons. The van der Waals surface area contributed by atoms with Crippen molar-refractivity contribution in [3.8, 4) is 0 Å². The Bertz CT molecular complexity index is 606. The van der Waals surface area contributed by atoms with Crippen LogP contribution in [0.4, 0.5) is 5.69 Å². The number of anilines is 1. The molecule has 2 heterocycles. The fraction of sp³-hybridized carbons (Fsp3) is 0.667. The Morgan fingerprint density at radius 1 is 1.28 bits per heavy atom. The van der Waals surface area contributed by atoms with E-state index in [-0.39, 0.29) is 11.8 Å². The van der Waals surface area contributed by atoms with E-state index < -0.39 is 0 Å². The van der Waals surface area contributed by atoms with Crippen LogP contribution in [0.15, 0.2) is 24.3 Å². The second-order valence-corrected chi connectivity index (χ2v) is 8.54. The van der Waals surface area contributed by atoms with Crippen molar-refractivity contribution in [3.63, 3.8) is 0 Å². The molecule has 1 amide bonds. The smallest absolute Gasteiger partial charge is 0.228 e. The number of piperidine rings is 2. The predicted octanol–water partition coefficient (Wildman–Crippen LogP) is 3.25. The molecule has 2 atom stereocenters. The molecule has 2 saturated heterocycles. The van der Waals surface area contributed by atoms with Crippen LogP contribution < -0.4 is 10.6 Å². The highest BCUT2D eigenvalue weighted by atomic mass is 16.2. The Balaban J connectivity index is 1.29. The van der Waals surface area contributed by atoms with Crippen LogP contribution in [-0.2, 0) is 11.3 Å². The summed E-state index contributed by atoms with van der Waals surface area (Å²) in [4.78, 5) is 15.1. The zero-order valence-electron chi connectivity index (χ0n) is 15.4. The van der Waals surface area contributed by atoms with Crippen LogP contribution in [0, 0.1) is 17.3 Å². The van der Waals surface area contributed by atoms with Crippen molar-refractivity contribution in [1.29, 1.82) is 0 Å². The molecule has 1 saturated carbocycles. The largest absolute Gasteiger partial charge is 0.326 e. The topological polar surface area (TPSA) is 44.4 Å². The van der Waals surface area contributed by atoms with Crippen LogP contribution in [0.3, 0.4) is 0 Å². The molecule has 4 heteroatoms. The third-order valence-corrected chi connectivity index (χ3v) is 6.47. The van der Waals surface area contributed by atoms with Crippen molar-refractivity contribution in [2.45, 2.75) is 45.6 Å². The number of benzene rings is 1. The lowest BCUT2D eigenvalue weighted by atomic mass is 9.92. The fourth-order valence-corrected chi connectivity index (χ4v) is 4.81. The van der Waals surface area contributed by atoms with E-state index in [0.717, 1.165) is 50.5 Å². The highest BCUT2D eigenvalue weighted by molar-refractivity contribution is 5.95. The zero-order valence-corrected chi connectivity index (χ0v) is 15.4. The molecule has 1 aromatic carbocycles. The first-order valence-corrected chi connectivity index (χ1v) is 9.97. The number of hydrogen-bond acceptors (Lipinski definition) is 3. The molecular weight excluding hydrogens is 310 g/mol. The van der Waals surface area contributed by atoms with Gasteiger partial charge in [-0.25, -0.2) is 0 Å². The second-order valence-electron chi connectivity index (χ2n) is 8.54. The Hall–Kier alpha value is -1.39. The molecule has 1 aromatic rings. The molecule has 25 heavy (non-hydrogen) atoms. The van der Waals surface area contributed by atoms with E-state index in [4.69, 9.17) is 0 Å². The molecule has 4 nitrogen and oxygen atoms in total. The lowest BCUT2D eigenvalue weighted by Crippen LogP contribution is -2.33. The van der Waals surface area contributed by atoms with Gasteiger partial charge in [-0.2, -0.15) is 0 Å². The summed E-state index contributed by atoms with van der Waals surface area (Å²) in [5.41, 5.74) is 2.59. The summed E-state index contributed by atoms with van der Waals surface area (Å²) in [6, 6.07) is 8.47. The molecule has 0 bridgehead atoms. The summed E-state index contributed by atoms with van der Waals surface area (Å²) in [6.07, 6.45) is 6.05. The number of carbonyl (C=O) groups excluding carboxylic acids is 1. The molecule has 1 aliphatic carbocycles. The molecule has 1 spiro atoms. The van der Waals surface area contributed by atoms with Crippen LogP contribution in [0.25, 0.3) is 0 Å². The zero-order chi connectivity index (χ0) is 17.3. The Morgan fingerprint density at radius 2 is 2.04 bits per heavy atom. The molecule has 4 rings (SSSR count). The molecule has 2 unspecified atom stereocenters. The number of nitrogens with zero attached hydrogens (tertiary/aromatic N) is 1. The van der Waals surface area contributed by atoms with E-state index >= 15 is 0 Å². The quantitative estimate of drug-likeness (QED) is 0.884. The van der Waals surface area contributed by atoms with Crippen molar-refractivity contribution in [1.82, 2.24) is 10.2 Å². The number of likely N-dealkylation sites (tertiary alicyclic amines) is 1. The maximum absolute atomic E-state index is 12.5. The van der Waals surface area contributed by atoms with Crippen LogP contribution in [-0.4, -0.2) is 37.0 Å². The SMILES string of the molecule is CC1CCCN(Cc2ccc(NC(=O)C3CC34CCNCC4)cc2)C1. The Labute approximate surface area is 151 Å². The van der Waals surface area contributed by atoms with Gasteiger partial charge >= 0.3 is 0 Å². The summed E-state index contributed by atoms with van der Waals surface area (Å²) >= 11 is 0. The third kappa shape index (κ3) is 3.90. The number of amides is 1. The number of hydrogen-bond donors (Lipinski definition) is 2. The minimum atomic E-state index is 0.222. The van der Waals surface area contributed by atoms with E-state index in [1.54, 1.807) is 0 Å². The van der Waals surface area contributed by atoms with Crippen molar-refractivity contribution in [3.05, 3.63) is 29.8 Å². The van der Waals surface area contributed by atoms with Gasteiger partial charge in [0.15, 0.2) is 0 Å². The van der Waals surface area contributed by atoms with Crippen molar-refractivity contribution >= 4 is 11.6 Å². The molecule has 2 aliphatic heterocycles. The minimum Gasteiger partial charge on any atom is -0.326 e. The molecule has 3 aliphatic rings. The maximum atomic E-state index is 12.5. The van der Waals surface area contributed by atoms with Gasteiger partial charge in [0.05, 0.1) is 0 Å². The monoisotopic (exact) mass is 341 g/mol. The van der Waals surface area contributed by atoms with Gasteiger partial charge in [0.25, 0.3) is 0 Å². The van der Waals surface area contributed by atoms with Crippen LogP contribution in [0.5, 0.6) is 0 Å². The van der Waals surface area contributed by atoms with Crippen molar-refractivity contribution in [2.24, 2.45) is 17.3 Å². The van der Waals surface area contributed by atoms with Gasteiger partial charge in [-0.05, 0) is 80.8 Å². The van der Waals surface area contributed by atoms with E-state index in [0.29, 0.717) is 5.41 Å². The molecular formula is C21H31N3O.